The maximum absolute atomic E-state index is 14.1. The van der Waals surface area contributed by atoms with Crippen LogP contribution in [0, 0.1) is 5.82 Å². The van der Waals surface area contributed by atoms with E-state index in [9.17, 15) is 14.0 Å². The van der Waals surface area contributed by atoms with E-state index in [1.54, 1.807) is 35.2 Å². The monoisotopic (exact) mass is 392 g/mol. The number of oxazole rings is 1. The molecule has 0 saturated carbocycles. The van der Waals surface area contributed by atoms with Crippen molar-refractivity contribution in [2.75, 3.05) is 12.3 Å². The summed E-state index contributed by atoms with van der Waals surface area (Å²) in [7, 11) is 0. The number of fused-ring (bicyclic) bond motifs is 1. The molecule has 134 valence electrons. The van der Waals surface area contributed by atoms with Crippen LogP contribution in [0.1, 0.15) is 10.9 Å². The van der Waals surface area contributed by atoms with E-state index in [4.69, 9.17) is 16.0 Å². The van der Waals surface area contributed by atoms with Gasteiger partial charge in [-0.1, -0.05) is 29.8 Å². The van der Waals surface area contributed by atoms with Crippen molar-refractivity contribution in [3.63, 3.8) is 0 Å². The molecule has 3 aromatic rings. The number of carbonyl (C=O) groups is 1. The van der Waals surface area contributed by atoms with Gasteiger partial charge in [0.05, 0.1) is 5.52 Å². The second kappa shape index (κ2) is 6.81. The van der Waals surface area contributed by atoms with Crippen LogP contribution in [-0.2, 0) is 11.3 Å². The summed E-state index contributed by atoms with van der Waals surface area (Å²) in [6.07, 6.45) is 0. The van der Waals surface area contributed by atoms with Gasteiger partial charge in [0.25, 0.3) is 0 Å². The number of thioether (sulfide) groups is 1. The molecule has 1 fully saturated rings. The van der Waals surface area contributed by atoms with Gasteiger partial charge in [-0.15, -0.1) is 11.8 Å². The Balaban J connectivity index is 1.63. The number of benzene rings is 2. The molecule has 26 heavy (non-hydrogen) atoms. The molecule has 0 radical (unpaired) electrons. The first-order chi connectivity index (χ1) is 12.5. The van der Waals surface area contributed by atoms with E-state index in [0.717, 1.165) is 0 Å². The Morgan fingerprint density at radius 1 is 1.31 bits per heavy atom. The van der Waals surface area contributed by atoms with Crippen LogP contribution in [0.15, 0.2) is 51.7 Å². The Morgan fingerprint density at radius 3 is 2.92 bits per heavy atom. The van der Waals surface area contributed by atoms with Crippen molar-refractivity contribution in [1.29, 1.82) is 0 Å². The van der Waals surface area contributed by atoms with E-state index in [-0.39, 0.29) is 18.3 Å². The number of amides is 1. The van der Waals surface area contributed by atoms with Crippen LogP contribution >= 0.6 is 23.4 Å². The van der Waals surface area contributed by atoms with Gasteiger partial charge in [-0.25, -0.2) is 9.18 Å². The highest BCUT2D eigenvalue weighted by molar-refractivity contribution is 7.99. The fraction of sp³-hybridized carbons (Fsp3) is 0.222. The van der Waals surface area contributed by atoms with Gasteiger partial charge < -0.3 is 9.32 Å². The summed E-state index contributed by atoms with van der Waals surface area (Å²) in [6, 6.07) is 11.2. The third-order valence-corrected chi connectivity index (χ3v) is 5.78. The van der Waals surface area contributed by atoms with Crippen molar-refractivity contribution in [2.45, 2.75) is 11.9 Å². The number of carbonyl (C=O) groups excluding carboxylic acids is 1. The Morgan fingerprint density at radius 2 is 2.12 bits per heavy atom. The lowest BCUT2D eigenvalue weighted by atomic mass is 10.2. The maximum atomic E-state index is 14.1. The number of halogens is 2. The minimum Gasteiger partial charge on any atom is -0.408 e. The highest BCUT2D eigenvalue weighted by atomic mass is 35.5. The first kappa shape index (κ1) is 17.2. The molecule has 8 heteroatoms. The topological polar surface area (TPSA) is 55.5 Å². The first-order valence-corrected chi connectivity index (χ1v) is 9.41. The summed E-state index contributed by atoms with van der Waals surface area (Å²) in [4.78, 5) is 26.6. The molecule has 0 bridgehead atoms. The molecule has 0 N–H and O–H groups in total. The van der Waals surface area contributed by atoms with Crippen LogP contribution in [0.5, 0.6) is 0 Å². The van der Waals surface area contributed by atoms with Gasteiger partial charge >= 0.3 is 5.76 Å². The molecule has 2 aromatic carbocycles. The molecule has 1 aliphatic heterocycles. The molecule has 1 aliphatic rings. The Kier molecular flexibility index (Phi) is 4.50. The van der Waals surface area contributed by atoms with E-state index in [0.29, 0.717) is 34.0 Å². The van der Waals surface area contributed by atoms with Crippen LogP contribution in [0.25, 0.3) is 11.1 Å². The Labute approximate surface area is 157 Å². The molecule has 1 saturated heterocycles. The summed E-state index contributed by atoms with van der Waals surface area (Å²) in [5.74, 6) is -0.514. The van der Waals surface area contributed by atoms with Crippen molar-refractivity contribution in [3.8, 4) is 0 Å². The largest absolute Gasteiger partial charge is 0.420 e. The van der Waals surface area contributed by atoms with Gasteiger partial charge in [0.2, 0.25) is 5.91 Å². The third kappa shape index (κ3) is 3.01. The van der Waals surface area contributed by atoms with Gasteiger partial charge in [-0.3, -0.25) is 9.36 Å². The lowest BCUT2D eigenvalue weighted by Gasteiger charge is -2.24. The van der Waals surface area contributed by atoms with Gasteiger partial charge in [0.15, 0.2) is 5.58 Å². The summed E-state index contributed by atoms with van der Waals surface area (Å²) in [5, 5.41) is 0.0484. The summed E-state index contributed by atoms with van der Waals surface area (Å²) in [5.41, 5.74) is 1.30. The second-order valence-electron chi connectivity index (χ2n) is 5.90. The van der Waals surface area contributed by atoms with E-state index in [2.05, 4.69) is 0 Å². The van der Waals surface area contributed by atoms with Crippen molar-refractivity contribution >= 4 is 40.4 Å². The minimum absolute atomic E-state index is 0.168. The first-order valence-electron chi connectivity index (χ1n) is 7.99. The Hall–Kier alpha value is -2.25. The fourth-order valence-electron chi connectivity index (χ4n) is 3.07. The fourth-order valence-corrected chi connectivity index (χ4v) is 4.54. The molecule has 2 heterocycles. The molecule has 5 nitrogen and oxygen atoms in total. The van der Waals surface area contributed by atoms with E-state index in [1.807, 2.05) is 0 Å². The zero-order valence-electron chi connectivity index (χ0n) is 13.5. The van der Waals surface area contributed by atoms with E-state index >= 15 is 0 Å². The summed E-state index contributed by atoms with van der Waals surface area (Å²) < 4.78 is 20.6. The predicted molar refractivity (Wildman–Crippen MR) is 98.8 cm³/mol. The van der Waals surface area contributed by atoms with Crippen molar-refractivity contribution in [3.05, 3.63) is 69.4 Å². The van der Waals surface area contributed by atoms with Gasteiger partial charge in [-0.2, -0.15) is 0 Å². The van der Waals surface area contributed by atoms with Crippen molar-refractivity contribution in [1.82, 2.24) is 9.47 Å². The number of rotatable bonds is 3. The zero-order chi connectivity index (χ0) is 18.3. The molecule has 1 atom stereocenters. The molecule has 4 rings (SSSR count). The van der Waals surface area contributed by atoms with Gasteiger partial charge in [0.1, 0.15) is 17.7 Å². The normalized spacial score (nSPS) is 17.2. The van der Waals surface area contributed by atoms with Crippen molar-refractivity contribution in [2.24, 2.45) is 0 Å². The highest BCUT2D eigenvalue weighted by Crippen LogP contribution is 2.39. The minimum atomic E-state index is -0.620. The predicted octanol–water partition coefficient (Wildman–Crippen LogP) is 3.66. The van der Waals surface area contributed by atoms with Crippen LogP contribution in [-0.4, -0.2) is 27.7 Å². The molecule has 0 unspecified atom stereocenters. The lowest BCUT2D eigenvalue weighted by Crippen LogP contribution is -2.35. The number of nitrogens with zero attached hydrogens (tertiary/aromatic N) is 2. The average molecular weight is 393 g/mol. The van der Waals surface area contributed by atoms with E-state index in [1.165, 1.54) is 28.5 Å². The van der Waals surface area contributed by atoms with Gasteiger partial charge in [-0.05, 0) is 18.2 Å². The average Bonchev–Trinajstić information content (AvgIpc) is 3.20. The standard InChI is InChI=1S/C18H14ClFN2O3S/c19-11-5-6-14-15(9-11)25-18(24)22(14)10-16(23)21-7-8-26-17(21)12-3-1-2-4-13(12)20/h1-6,9,17H,7-8,10H2/t17-/m0/s1. The van der Waals surface area contributed by atoms with Gasteiger partial charge in [0, 0.05) is 29.0 Å². The van der Waals surface area contributed by atoms with Crippen LogP contribution in [0.3, 0.4) is 0 Å². The number of aromatic nitrogens is 1. The zero-order valence-corrected chi connectivity index (χ0v) is 15.1. The van der Waals surface area contributed by atoms with E-state index < -0.39 is 11.1 Å². The smallest absolute Gasteiger partial charge is 0.408 e. The molecule has 0 spiro atoms. The Bertz CT molecular complexity index is 1050. The van der Waals surface area contributed by atoms with Crippen LogP contribution in [0.4, 0.5) is 4.39 Å². The lowest BCUT2D eigenvalue weighted by molar-refractivity contribution is -0.132. The quantitative estimate of drug-likeness (QED) is 0.682. The molecular formula is C18H14ClFN2O3S. The molecule has 0 aliphatic carbocycles. The maximum Gasteiger partial charge on any atom is 0.420 e. The molecule has 1 amide bonds. The summed E-state index contributed by atoms with van der Waals surface area (Å²) >= 11 is 7.41. The third-order valence-electron chi connectivity index (χ3n) is 4.31. The number of hydrogen-bond donors (Lipinski definition) is 0. The second-order valence-corrected chi connectivity index (χ2v) is 7.52. The van der Waals surface area contributed by atoms with Crippen LogP contribution < -0.4 is 5.76 Å². The molecule has 1 aromatic heterocycles. The highest BCUT2D eigenvalue weighted by Gasteiger charge is 2.32. The van der Waals surface area contributed by atoms with Crippen LogP contribution in [0.2, 0.25) is 5.02 Å². The number of hydrogen-bond acceptors (Lipinski definition) is 4. The SMILES string of the molecule is O=C(Cn1c(=O)oc2cc(Cl)ccc21)N1CCS[C@H]1c1ccccc1F. The molecular weight excluding hydrogens is 379 g/mol. The summed E-state index contributed by atoms with van der Waals surface area (Å²) in [6.45, 7) is 0.331. The van der Waals surface area contributed by atoms with Crippen molar-refractivity contribution < 1.29 is 13.6 Å².